The molecule has 84 valence electrons. The van der Waals surface area contributed by atoms with Crippen LogP contribution in [0.1, 0.15) is 10.7 Å². The van der Waals surface area contributed by atoms with Gasteiger partial charge in [0, 0.05) is 17.8 Å². The number of hydrogen-bond donors (Lipinski definition) is 2. The van der Waals surface area contributed by atoms with Crippen LogP contribution in [0.15, 0.2) is 28.9 Å². The Bertz CT molecular complexity index is 700. The molecular weight excluding hydrogens is 224 g/mol. The van der Waals surface area contributed by atoms with Crippen LogP contribution in [0, 0.1) is 0 Å². The fourth-order valence-electron chi connectivity index (χ4n) is 1.55. The summed E-state index contributed by atoms with van der Waals surface area (Å²) >= 11 is 0. The molecule has 0 bridgehead atoms. The lowest BCUT2D eigenvalue weighted by atomic mass is 10.2. The molecule has 2 N–H and O–H groups in total. The van der Waals surface area contributed by atoms with Gasteiger partial charge in [-0.25, -0.2) is 9.78 Å². The van der Waals surface area contributed by atoms with E-state index in [1.54, 1.807) is 18.5 Å². The molecule has 3 aromatic heterocycles. The Balaban J connectivity index is 2.17. The Morgan fingerprint density at radius 2 is 2.29 bits per heavy atom. The second kappa shape index (κ2) is 3.41. The highest BCUT2D eigenvalue weighted by Gasteiger charge is 2.16. The summed E-state index contributed by atoms with van der Waals surface area (Å²) in [5.74, 6) is -1.53. The van der Waals surface area contributed by atoms with Gasteiger partial charge in [-0.2, -0.15) is 0 Å². The fraction of sp³-hybridized carbons (Fsp3) is 0. The Kier molecular flexibility index (Phi) is 1.91. The highest BCUT2D eigenvalue weighted by molar-refractivity contribution is 5.91. The minimum Gasteiger partial charge on any atom is -0.474 e. The SMILES string of the molecule is O=C(O)c1nnc(-c2c[nH]c3ncccc23)o1. The molecule has 0 atom stereocenters. The molecule has 0 aliphatic carbocycles. The molecule has 7 heteroatoms. The Hall–Kier alpha value is -2.70. The Labute approximate surface area is 94.1 Å². The lowest BCUT2D eigenvalue weighted by molar-refractivity contribution is 0.0654. The second-order valence-electron chi connectivity index (χ2n) is 3.32. The summed E-state index contributed by atoms with van der Waals surface area (Å²) in [6.45, 7) is 0. The summed E-state index contributed by atoms with van der Waals surface area (Å²) in [7, 11) is 0. The third-order valence-corrected chi connectivity index (χ3v) is 2.29. The van der Waals surface area contributed by atoms with Gasteiger partial charge in [-0.15, -0.1) is 10.2 Å². The molecule has 0 fully saturated rings. The summed E-state index contributed by atoms with van der Waals surface area (Å²) in [5, 5.41) is 16.6. The van der Waals surface area contributed by atoms with E-state index in [9.17, 15) is 4.79 Å². The summed E-state index contributed by atoms with van der Waals surface area (Å²) in [4.78, 5) is 17.7. The van der Waals surface area contributed by atoms with Gasteiger partial charge in [0.1, 0.15) is 5.65 Å². The molecule has 3 rings (SSSR count). The van der Waals surface area contributed by atoms with Crippen molar-refractivity contribution in [3.8, 4) is 11.5 Å². The molecule has 0 saturated heterocycles. The van der Waals surface area contributed by atoms with Gasteiger partial charge in [-0.3, -0.25) is 0 Å². The molecule has 0 aliphatic rings. The molecule has 0 saturated carbocycles. The molecule has 3 heterocycles. The van der Waals surface area contributed by atoms with Crippen molar-refractivity contribution >= 4 is 17.0 Å². The number of carboxylic acid groups (broad SMARTS) is 1. The molecule has 0 aromatic carbocycles. The second-order valence-corrected chi connectivity index (χ2v) is 3.32. The summed E-state index contributed by atoms with van der Waals surface area (Å²) in [6, 6.07) is 3.60. The van der Waals surface area contributed by atoms with Crippen molar-refractivity contribution in [3.63, 3.8) is 0 Å². The van der Waals surface area contributed by atoms with E-state index in [1.165, 1.54) is 0 Å². The smallest absolute Gasteiger partial charge is 0.393 e. The van der Waals surface area contributed by atoms with Crippen LogP contribution < -0.4 is 0 Å². The monoisotopic (exact) mass is 230 g/mol. The zero-order chi connectivity index (χ0) is 11.8. The molecule has 0 amide bonds. The third-order valence-electron chi connectivity index (χ3n) is 2.29. The molecule has 0 unspecified atom stereocenters. The largest absolute Gasteiger partial charge is 0.474 e. The zero-order valence-electron chi connectivity index (χ0n) is 8.41. The summed E-state index contributed by atoms with van der Waals surface area (Å²) < 4.78 is 5.03. The highest BCUT2D eigenvalue weighted by Crippen LogP contribution is 2.26. The first-order chi connectivity index (χ1) is 8.25. The Morgan fingerprint density at radius 3 is 3.06 bits per heavy atom. The van der Waals surface area contributed by atoms with Crippen LogP contribution in [0.25, 0.3) is 22.5 Å². The van der Waals surface area contributed by atoms with Gasteiger partial charge < -0.3 is 14.5 Å². The maximum absolute atomic E-state index is 10.6. The van der Waals surface area contributed by atoms with Crippen molar-refractivity contribution in [2.75, 3.05) is 0 Å². The molecular formula is C10H6N4O3. The molecule has 0 aliphatic heterocycles. The number of hydrogen-bond acceptors (Lipinski definition) is 5. The van der Waals surface area contributed by atoms with E-state index in [2.05, 4.69) is 20.2 Å². The fourth-order valence-corrected chi connectivity index (χ4v) is 1.55. The van der Waals surface area contributed by atoms with E-state index in [1.807, 2.05) is 6.07 Å². The molecule has 3 aromatic rings. The first kappa shape index (κ1) is 9.52. The topological polar surface area (TPSA) is 105 Å². The average Bonchev–Trinajstić information content (AvgIpc) is 2.95. The number of aromatic carboxylic acids is 1. The standard InChI is InChI=1S/C10H6N4O3/c15-10(16)9-14-13-8(17-9)6-4-12-7-5(6)2-1-3-11-7/h1-4H,(H,11,12)(H,15,16). The van der Waals surface area contributed by atoms with Gasteiger partial charge in [-0.1, -0.05) is 0 Å². The number of nitrogens with zero attached hydrogens (tertiary/aromatic N) is 3. The third kappa shape index (κ3) is 1.44. The predicted octanol–water partition coefficient (Wildman–Crippen LogP) is 1.31. The average molecular weight is 230 g/mol. The van der Waals surface area contributed by atoms with Crippen molar-refractivity contribution in [1.29, 1.82) is 0 Å². The van der Waals surface area contributed by atoms with Crippen LogP contribution in [0.3, 0.4) is 0 Å². The van der Waals surface area contributed by atoms with Crippen LogP contribution in [0.5, 0.6) is 0 Å². The van der Waals surface area contributed by atoms with Gasteiger partial charge in [0.25, 0.3) is 5.89 Å². The number of fused-ring (bicyclic) bond motifs is 1. The van der Waals surface area contributed by atoms with Gasteiger partial charge in [0.15, 0.2) is 0 Å². The summed E-state index contributed by atoms with van der Waals surface area (Å²) in [5.41, 5.74) is 1.31. The lowest BCUT2D eigenvalue weighted by Gasteiger charge is -1.90. The first-order valence-electron chi connectivity index (χ1n) is 4.75. The van der Waals surface area contributed by atoms with Crippen molar-refractivity contribution in [1.82, 2.24) is 20.2 Å². The van der Waals surface area contributed by atoms with E-state index >= 15 is 0 Å². The zero-order valence-corrected chi connectivity index (χ0v) is 8.41. The van der Waals surface area contributed by atoms with E-state index in [0.717, 1.165) is 5.39 Å². The van der Waals surface area contributed by atoms with E-state index in [-0.39, 0.29) is 5.89 Å². The van der Waals surface area contributed by atoms with E-state index in [0.29, 0.717) is 11.2 Å². The molecule has 7 nitrogen and oxygen atoms in total. The van der Waals surface area contributed by atoms with E-state index in [4.69, 9.17) is 9.52 Å². The van der Waals surface area contributed by atoms with Crippen LogP contribution in [-0.4, -0.2) is 31.2 Å². The van der Waals surface area contributed by atoms with Gasteiger partial charge in [0.2, 0.25) is 0 Å². The first-order valence-corrected chi connectivity index (χ1v) is 4.75. The molecule has 17 heavy (non-hydrogen) atoms. The number of aromatic amines is 1. The minimum atomic E-state index is -1.25. The minimum absolute atomic E-state index is 0.154. The van der Waals surface area contributed by atoms with Crippen LogP contribution in [0.4, 0.5) is 0 Å². The Morgan fingerprint density at radius 1 is 1.41 bits per heavy atom. The van der Waals surface area contributed by atoms with Crippen LogP contribution in [-0.2, 0) is 0 Å². The normalized spacial score (nSPS) is 10.8. The van der Waals surface area contributed by atoms with E-state index < -0.39 is 11.9 Å². The number of aromatic nitrogens is 4. The summed E-state index contributed by atoms with van der Waals surface area (Å²) in [6.07, 6.45) is 3.30. The predicted molar refractivity (Wildman–Crippen MR) is 56.3 cm³/mol. The van der Waals surface area contributed by atoms with Crippen molar-refractivity contribution in [2.24, 2.45) is 0 Å². The van der Waals surface area contributed by atoms with Crippen LogP contribution in [0.2, 0.25) is 0 Å². The van der Waals surface area contributed by atoms with Crippen molar-refractivity contribution in [3.05, 3.63) is 30.4 Å². The lowest BCUT2D eigenvalue weighted by Crippen LogP contribution is -1.95. The van der Waals surface area contributed by atoms with Gasteiger partial charge in [-0.05, 0) is 12.1 Å². The molecule has 0 radical (unpaired) electrons. The van der Waals surface area contributed by atoms with Crippen molar-refractivity contribution in [2.45, 2.75) is 0 Å². The van der Waals surface area contributed by atoms with Crippen molar-refractivity contribution < 1.29 is 14.3 Å². The number of H-pyrrole nitrogens is 1. The van der Waals surface area contributed by atoms with Gasteiger partial charge >= 0.3 is 11.9 Å². The van der Waals surface area contributed by atoms with Gasteiger partial charge in [0.05, 0.1) is 5.56 Å². The number of rotatable bonds is 2. The number of pyridine rings is 1. The maximum atomic E-state index is 10.6. The molecule has 0 spiro atoms. The highest BCUT2D eigenvalue weighted by atomic mass is 16.4. The van der Waals surface area contributed by atoms with Crippen LogP contribution >= 0.6 is 0 Å². The maximum Gasteiger partial charge on any atom is 0.393 e. The number of carbonyl (C=O) groups is 1. The quantitative estimate of drug-likeness (QED) is 0.687. The number of carboxylic acids is 1. The number of nitrogens with one attached hydrogen (secondary N) is 1.